The van der Waals surface area contributed by atoms with Crippen LogP contribution in [-0.4, -0.2) is 39.3 Å². The van der Waals surface area contributed by atoms with Gasteiger partial charge in [0.15, 0.2) is 0 Å². The number of carbonyl (C=O) groups excluding carboxylic acids is 1. The molecule has 6 nitrogen and oxygen atoms in total. The van der Waals surface area contributed by atoms with E-state index < -0.39 is 10.0 Å². The first-order valence-corrected chi connectivity index (χ1v) is 10.2. The Labute approximate surface area is 147 Å². The van der Waals surface area contributed by atoms with Crippen LogP contribution in [0.5, 0.6) is 0 Å². The monoisotopic (exact) mass is 372 g/mol. The van der Waals surface area contributed by atoms with Gasteiger partial charge in [-0.05, 0) is 43.9 Å². The topological polar surface area (TPSA) is 75.7 Å². The van der Waals surface area contributed by atoms with Crippen LogP contribution in [-0.2, 0) is 19.6 Å². The zero-order valence-corrected chi connectivity index (χ0v) is 14.9. The molecule has 0 radical (unpaired) electrons. The van der Waals surface area contributed by atoms with E-state index in [9.17, 15) is 13.2 Å². The lowest BCUT2D eigenvalue weighted by molar-refractivity contribution is -0.119. The van der Waals surface area contributed by atoms with Crippen molar-refractivity contribution >= 4 is 38.9 Å². The number of rotatable bonds is 4. The van der Waals surface area contributed by atoms with Gasteiger partial charge in [-0.15, -0.1) is 0 Å². The fraction of sp³-hybridized carbons (Fsp3) is 0.562. The van der Waals surface area contributed by atoms with Gasteiger partial charge in [0, 0.05) is 18.8 Å². The second kappa shape index (κ2) is 7.29. The Morgan fingerprint density at radius 2 is 2.17 bits per heavy atom. The number of nitrogens with one attached hydrogen (secondary N) is 1. The van der Waals surface area contributed by atoms with E-state index in [0.29, 0.717) is 42.4 Å². The van der Waals surface area contributed by atoms with Crippen molar-refractivity contribution in [3.63, 3.8) is 0 Å². The van der Waals surface area contributed by atoms with Crippen LogP contribution < -0.4 is 9.62 Å². The van der Waals surface area contributed by atoms with Crippen LogP contribution in [0, 0.1) is 0 Å². The van der Waals surface area contributed by atoms with Crippen LogP contribution >= 0.6 is 11.6 Å². The molecule has 0 aromatic heterocycles. The summed E-state index contributed by atoms with van der Waals surface area (Å²) >= 11 is 6.16. The average molecular weight is 373 g/mol. The molecule has 8 heteroatoms. The van der Waals surface area contributed by atoms with Crippen LogP contribution in [0.15, 0.2) is 18.2 Å². The quantitative estimate of drug-likeness (QED) is 0.881. The first kappa shape index (κ1) is 17.5. The van der Waals surface area contributed by atoms with Gasteiger partial charge in [0.05, 0.1) is 29.0 Å². The first-order valence-electron chi connectivity index (χ1n) is 8.17. The van der Waals surface area contributed by atoms with Crippen LogP contribution in [0.25, 0.3) is 0 Å². The van der Waals surface area contributed by atoms with Crippen molar-refractivity contribution in [3.05, 3.63) is 23.2 Å². The molecule has 2 aliphatic heterocycles. The summed E-state index contributed by atoms with van der Waals surface area (Å²) in [7, 11) is -3.31. The van der Waals surface area contributed by atoms with Gasteiger partial charge < -0.3 is 10.1 Å². The summed E-state index contributed by atoms with van der Waals surface area (Å²) in [5, 5.41) is 3.16. The number of hydrogen-bond acceptors (Lipinski definition) is 4. The van der Waals surface area contributed by atoms with E-state index in [1.165, 1.54) is 4.31 Å². The Balaban J connectivity index is 1.70. The van der Waals surface area contributed by atoms with Gasteiger partial charge in [-0.25, -0.2) is 8.42 Å². The molecule has 2 fully saturated rings. The number of benzene rings is 1. The number of ether oxygens (including phenoxy) is 1. The van der Waals surface area contributed by atoms with Crippen molar-refractivity contribution < 1.29 is 17.9 Å². The predicted molar refractivity (Wildman–Crippen MR) is 94.0 cm³/mol. The Hall–Kier alpha value is -1.31. The number of carbonyl (C=O) groups is 1. The predicted octanol–water partition coefficient (Wildman–Crippen LogP) is 2.78. The minimum atomic E-state index is -3.31. The van der Waals surface area contributed by atoms with Gasteiger partial charge in [-0.1, -0.05) is 11.6 Å². The summed E-state index contributed by atoms with van der Waals surface area (Å²) in [5.74, 6) is -0.0155. The Morgan fingerprint density at radius 3 is 2.83 bits per heavy atom. The summed E-state index contributed by atoms with van der Waals surface area (Å²) in [6, 6.07) is 4.90. The largest absolute Gasteiger partial charge is 0.378 e. The highest BCUT2D eigenvalue weighted by Gasteiger charge is 2.30. The van der Waals surface area contributed by atoms with Crippen molar-refractivity contribution in [2.24, 2.45) is 0 Å². The summed E-state index contributed by atoms with van der Waals surface area (Å²) in [6.45, 7) is 1.12. The molecule has 24 heavy (non-hydrogen) atoms. The summed E-state index contributed by atoms with van der Waals surface area (Å²) in [4.78, 5) is 12.2. The third-order valence-electron chi connectivity index (χ3n) is 4.28. The summed E-state index contributed by atoms with van der Waals surface area (Å²) < 4.78 is 31.0. The van der Waals surface area contributed by atoms with Crippen molar-refractivity contribution in [1.29, 1.82) is 0 Å². The molecule has 2 aliphatic rings. The molecule has 1 atom stereocenters. The maximum Gasteiger partial charge on any atom is 0.235 e. The zero-order chi connectivity index (χ0) is 17.2. The van der Waals surface area contributed by atoms with E-state index >= 15 is 0 Å². The lowest BCUT2D eigenvalue weighted by Gasteiger charge is -2.22. The van der Waals surface area contributed by atoms with E-state index in [1.807, 2.05) is 0 Å². The van der Waals surface area contributed by atoms with E-state index in [1.54, 1.807) is 18.2 Å². The fourth-order valence-corrected chi connectivity index (χ4v) is 4.92. The molecular formula is C16H21ClN2O4S. The van der Waals surface area contributed by atoms with Crippen molar-refractivity contribution in [2.75, 3.05) is 28.5 Å². The fourth-order valence-electron chi connectivity index (χ4n) is 3.08. The van der Waals surface area contributed by atoms with Gasteiger partial charge >= 0.3 is 0 Å². The molecular weight excluding hydrogens is 352 g/mol. The van der Waals surface area contributed by atoms with Gasteiger partial charge in [-0.3, -0.25) is 9.10 Å². The standard InChI is InChI=1S/C16H21ClN2O4S/c17-14-6-5-12(10-15(14)19-7-3-9-24(19,21)22)18-16(20)11-13-4-1-2-8-23-13/h5-6,10,13H,1-4,7-9,11H2,(H,18,20). The Kier molecular flexibility index (Phi) is 5.32. The van der Waals surface area contributed by atoms with Gasteiger partial charge in [0.1, 0.15) is 0 Å². The number of sulfonamides is 1. The van der Waals surface area contributed by atoms with Crippen molar-refractivity contribution in [3.8, 4) is 0 Å². The average Bonchev–Trinajstić information content (AvgIpc) is 2.89. The molecule has 132 valence electrons. The molecule has 2 saturated heterocycles. The Bertz CT molecular complexity index is 717. The van der Waals surface area contributed by atoms with E-state index in [2.05, 4.69) is 5.32 Å². The smallest absolute Gasteiger partial charge is 0.235 e. The van der Waals surface area contributed by atoms with Crippen LogP contribution in [0.2, 0.25) is 5.02 Å². The maximum absolute atomic E-state index is 12.2. The number of halogens is 1. The number of anilines is 2. The minimum Gasteiger partial charge on any atom is -0.378 e. The first-order chi connectivity index (χ1) is 11.5. The normalized spacial score (nSPS) is 23.2. The molecule has 1 amide bonds. The lowest BCUT2D eigenvalue weighted by Crippen LogP contribution is -2.26. The summed E-state index contributed by atoms with van der Waals surface area (Å²) in [5.41, 5.74) is 0.957. The number of hydrogen-bond donors (Lipinski definition) is 1. The minimum absolute atomic E-state index is 0.0375. The van der Waals surface area contributed by atoms with Crippen LogP contribution in [0.3, 0.4) is 0 Å². The molecule has 3 rings (SSSR count). The highest BCUT2D eigenvalue weighted by atomic mass is 35.5. The number of amides is 1. The molecule has 1 unspecified atom stereocenters. The van der Waals surface area contributed by atoms with E-state index in [-0.39, 0.29) is 17.8 Å². The third-order valence-corrected chi connectivity index (χ3v) is 6.46. The molecule has 1 aromatic carbocycles. The SMILES string of the molecule is O=C(CC1CCCCO1)Nc1ccc(Cl)c(N2CCCS2(=O)=O)c1. The molecule has 0 aliphatic carbocycles. The summed E-state index contributed by atoms with van der Waals surface area (Å²) in [6.07, 6.45) is 3.86. The molecule has 1 N–H and O–H groups in total. The molecule has 0 saturated carbocycles. The van der Waals surface area contributed by atoms with E-state index in [0.717, 1.165) is 19.3 Å². The van der Waals surface area contributed by atoms with Crippen molar-refractivity contribution in [1.82, 2.24) is 0 Å². The number of nitrogens with zero attached hydrogens (tertiary/aromatic N) is 1. The van der Waals surface area contributed by atoms with Gasteiger partial charge in [0.2, 0.25) is 15.9 Å². The molecule has 0 spiro atoms. The van der Waals surface area contributed by atoms with Crippen LogP contribution in [0.4, 0.5) is 11.4 Å². The van der Waals surface area contributed by atoms with E-state index in [4.69, 9.17) is 16.3 Å². The molecule has 0 bridgehead atoms. The second-order valence-electron chi connectivity index (χ2n) is 6.15. The van der Waals surface area contributed by atoms with Crippen LogP contribution in [0.1, 0.15) is 32.1 Å². The highest BCUT2D eigenvalue weighted by molar-refractivity contribution is 7.93. The van der Waals surface area contributed by atoms with Gasteiger partial charge in [0.25, 0.3) is 0 Å². The van der Waals surface area contributed by atoms with Gasteiger partial charge in [-0.2, -0.15) is 0 Å². The highest BCUT2D eigenvalue weighted by Crippen LogP contribution is 2.33. The molecule has 2 heterocycles. The second-order valence-corrected chi connectivity index (χ2v) is 8.57. The molecule has 1 aromatic rings. The Morgan fingerprint density at radius 1 is 1.33 bits per heavy atom. The van der Waals surface area contributed by atoms with Crippen molar-refractivity contribution in [2.45, 2.75) is 38.2 Å². The lowest BCUT2D eigenvalue weighted by atomic mass is 10.1. The third kappa shape index (κ3) is 4.02. The zero-order valence-electron chi connectivity index (χ0n) is 13.3. The maximum atomic E-state index is 12.2.